The summed E-state index contributed by atoms with van der Waals surface area (Å²) in [7, 11) is 0. The average molecular weight is 347 g/mol. The van der Waals surface area contributed by atoms with Gasteiger partial charge in [-0.15, -0.1) is 0 Å². The Labute approximate surface area is 149 Å². The minimum absolute atomic E-state index is 0.0116. The lowest BCUT2D eigenvalue weighted by Crippen LogP contribution is -2.36. The number of aliphatic hydroxyl groups is 1. The van der Waals surface area contributed by atoms with Gasteiger partial charge in [0.2, 0.25) is 5.91 Å². The Morgan fingerprint density at radius 3 is 2.60 bits per heavy atom. The van der Waals surface area contributed by atoms with Crippen molar-refractivity contribution < 1.29 is 14.6 Å². The van der Waals surface area contributed by atoms with E-state index in [0.29, 0.717) is 13.1 Å². The van der Waals surface area contributed by atoms with Crippen molar-refractivity contribution in [2.75, 3.05) is 19.6 Å². The first-order valence-corrected chi connectivity index (χ1v) is 9.26. The Hall–Kier alpha value is -1.47. The summed E-state index contributed by atoms with van der Waals surface area (Å²) in [5, 5.41) is 12.6. The molecule has 2 aliphatic heterocycles. The van der Waals surface area contributed by atoms with Crippen LogP contribution < -0.4 is 11.1 Å². The minimum atomic E-state index is -0.371. The van der Waals surface area contributed by atoms with Crippen LogP contribution >= 0.6 is 0 Å². The van der Waals surface area contributed by atoms with Gasteiger partial charge < -0.3 is 20.9 Å². The van der Waals surface area contributed by atoms with E-state index in [-0.39, 0.29) is 24.2 Å². The number of likely N-dealkylation sites (tertiary alicyclic amines) is 1. The molecule has 2 fully saturated rings. The molecule has 6 nitrogen and oxygen atoms in total. The number of rotatable bonds is 6. The second-order valence-electron chi connectivity index (χ2n) is 7.05. The van der Waals surface area contributed by atoms with E-state index in [0.717, 1.165) is 50.9 Å². The fourth-order valence-electron chi connectivity index (χ4n) is 3.57. The molecule has 1 aromatic rings. The third-order valence-corrected chi connectivity index (χ3v) is 5.19. The Balaban J connectivity index is 1.53. The van der Waals surface area contributed by atoms with E-state index < -0.39 is 0 Å². The minimum Gasteiger partial charge on any atom is -0.393 e. The van der Waals surface area contributed by atoms with Crippen molar-refractivity contribution in [3.8, 4) is 0 Å². The molecular weight excluding hydrogens is 318 g/mol. The van der Waals surface area contributed by atoms with Gasteiger partial charge in [-0.25, -0.2) is 0 Å². The number of nitrogens with zero attached hydrogens (tertiary/aromatic N) is 1. The number of amides is 1. The summed E-state index contributed by atoms with van der Waals surface area (Å²) in [6.45, 7) is 3.67. The fourth-order valence-corrected chi connectivity index (χ4v) is 3.57. The largest absolute Gasteiger partial charge is 0.393 e. The molecule has 1 amide bonds. The van der Waals surface area contributed by atoms with Crippen LogP contribution in [0.2, 0.25) is 0 Å². The normalized spacial score (nSPS) is 25.2. The predicted octanol–water partition coefficient (Wildman–Crippen LogP) is 0.766. The van der Waals surface area contributed by atoms with Crippen LogP contribution in [0.15, 0.2) is 24.3 Å². The molecule has 0 aliphatic carbocycles. The van der Waals surface area contributed by atoms with Gasteiger partial charge in [0, 0.05) is 32.7 Å². The summed E-state index contributed by atoms with van der Waals surface area (Å²) in [5.41, 5.74) is 7.96. The average Bonchev–Trinajstić information content (AvgIpc) is 3.12. The van der Waals surface area contributed by atoms with Crippen molar-refractivity contribution >= 4 is 5.91 Å². The molecule has 0 saturated carbocycles. The lowest BCUT2D eigenvalue weighted by Gasteiger charge is -2.30. The topological polar surface area (TPSA) is 87.8 Å². The lowest BCUT2D eigenvalue weighted by molar-refractivity contribution is -0.132. The van der Waals surface area contributed by atoms with Crippen molar-refractivity contribution in [3.63, 3.8) is 0 Å². The van der Waals surface area contributed by atoms with Crippen molar-refractivity contribution in [3.05, 3.63) is 35.4 Å². The SMILES string of the molecule is NC[C@H]1CC[C@@H](C(=O)NCc2ccccc2CN2CCC(O)CC2)O1. The molecule has 0 aromatic heterocycles. The number of piperidine rings is 1. The maximum atomic E-state index is 12.3. The van der Waals surface area contributed by atoms with Crippen LogP contribution in [0.4, 0.5) is 0 Å². The molecule has 0 unspecified atom stereocenters. The molecule has 0 bridgehead atoms. The van der Waals surface area contributed by atoms with Gasteiger partial charge in [0.1, 0.15) is 6.10 Å². The maximum absolute atomic E-state index is 12.3. The summed E-state index contributed by atoms with van der Waals surface area (Å²) in [5.74, 6) is -0.0492. The first-order chi connectivity index (χ1) is 12.2. The third kappa shape index (κ3) is 5.01. The lowest BCUT2D eigenvalue weighted by atomic mass is 10.0. The number of nitrogens with one attached hydrogen (secondary N) is 1. The van der Waals surface area contributed by atoms with Crippen LogP contribution in [0.3, 0.4) is 0 Å². The molecule has 6 heteroatoms. The third-order valence-electron chi connectivity index (χ3n) is 5.19. The Bertz CT molecular complexity index is 573. The molecule has 25 heavy (non-hydrogen) atoms. The van der Waals surface area contributed by atoms with Gasteiger partial charge in [0.05, 0.1) is 12.2 Å². The quantitative estimate of drug-likeness (QED) is 0.707. The van der Waals surface area contributed by atoms with Gasteiger partial charge in [0.25, 0.3) is 0 Å². The highest BCUT2D eigenvalue weighted by Crippen LogP contribution is 2.20. The van der Waals surface area contributed by atoms with Crippen LogP contribution in [-0.4, -0.2) is 53.9 Å². The van der Waals surface area contributed by atoms with Gasteiger partial charge in [0.15, 0.2) is 0 Å². The number of nitrogens with two attached hydrogens (primary N) is 1. The smallest absolute Gasteiger partial charge is 0.249 e. The zero-order chi connectivity index (χ0) is 17.6. The van der Waals surface area contributed by atoms with Gasteiger partial charge in [-0.1, -0.05) is 24.3 Å². The Kier molecular flexibility index (Phi) is 6.42. The molecule has 2 heterocycles. The van der Waals surface area contributed by atoms with E-state index in [1.165, 1.54) is 5.56 Å². The fraction of sp³-hybridized carbons (Fsp3) is 0.632. The van der Waals surface area contributed by atoms with Gasteiger partial charge in [-0.05, 0) is 36.8 Å². The maximum Gasteiger partial charge on any atom is 0.249 e. The van der Waals surface area contributed by atoms with E-state index in [1.807, 2.05) is 12.1 Å². The highest BCUT2D eigenvalue weighted by atomic mass is 16.5. The molecule has 3 rings (SSSR count). The van der Waals surface area contributed by atoms with E-state index in [4.69, 9.17) is 10.5 Å². The number of ether oxygens (including phenoxy) is 1. The van der Waals surface area contributed by atoms with E-state index in [9.17, 15) is 9.90 Å². The van der Waals surface area contributed by atoms with Crippen LogP contribution in [0, 0.1) is 0 Å². The zero-order valence-corrected chi connectivity index (χ0v) is 14.7. The molecule has 0 radical (unpaired) electrons. The van der Waals surface area contributed by atoms with Crippen molar-refractivity contribution in [2.24, 2.45) is 5.73 Å². The molecule has 0 spiro atoms. The number of carbonyl (C=O) groups excluding carboxylic acids is 1. The first-order valence-electron chi connectivity index (χ1n) is 9.26. The van der Waals surface area contributed by atoms with Crippen molar-refractivity contribution in [1.29, 1.82) is 0 Å². The van der Waals surface area contributed by atoms with Crippen LogP contribution in [0.25, 0.3) is 0 Å². The predicted molar refractivity (Wildman–Crippen MR) is 95.8 cm³/mol. The van der Waals surface area contributed by atoms with E-state index in [1.54, 1.807) is 0 Å². The monoisotopic (exact) mass is 347 g/mol. The molecule has 2 aliphatic rings. The Morgan fingerprint density at radius 2 is 1.92 bits per heavy atom. The standard InChI is InChI=1S/C19H29N3O3/c20-11-17-5-6-18(25-17)19(24)21-12-14-3-1-2-4-15(14)13-22-9-7-16(23)8-10-22/h1-4,16-18,23H,5-13,20H2,(H,21,24)/t17-,18+/m1/s1. The summed E-state index contributed by atoms with van der Waals surface area (Å²) in [6, 6.07) is 8.21. The van der Waals surface area contributed by atoms with Gasteiger partial charge in [-0.3, -0.25) is 9.69 Å². The van der Waals surface area contributed by atoms with Crippen molar-refractivity contribution in [2.45, 2.75) is 57.1 Å². The molecule has 4 N–H and O–H groups in total. The summed E-state index contributed by atoms with van der Waals surface area (Å²) in [4.78, 5) is 14.7. The molecule has 2 saturated heterocycles. The summed E-state index contributed by atoms with van der Waals surface area (Å²) < 4.78 is 5.65. The number of hydrogen-bond donors (Lipinski definition) is 3. The van der Waals surface area contributed by atoms with E-state index >= 15 is 0 Å². The zero-order valence-electron chi connectivity index (χ0n) is 14.7. The van der Waals surface area contributed by atoms with Gasteiger partial charge >= 0.3 is 0 Å². The number of carbonyl (C=O) groups is 1. The summed E-state index contributed by atoms with van der Waals surface area (Å²) in [6.07, 6.45) is 2.74. The highest BCUT2D eigenvalue weighted by Gasteiger charge is 2.29. The number of hydrogen-bond acceptors (Lipinski definition) is 5. The second-order valence-corrected chi connectivity index (χ2v) is 7.05. The molecule has 1 aromatic carbocycles. The molecule has 138 valence electrons. The second kappa shape index (κ2) is 8.76. The highest BCUT2D eigenvalue weighted by molar-refractivity contribution is 5.81. The Morgan fingerprint density at radius 1 is 1.20 bits per heavy atom. The van der Waals surface area contributed by atoms with Crippen molar-refractivity contribution in [1.82, 2.24) is 10.2 Å². The summed E-state index contributed by atoms with van der Waals surface area (Å²) >= 11 is 0. The van der Waals surface area contributed by atoms with Crippen LogP contribution in [0.5, 0.6) is 0 Å². The van der Waals surface area contributed by atoms with E-state index in [2.05, 4.69) is 22.3 Å². The van der Waals surface area contributed by atoms with Crippen LogP contribution in [-0.2, 0) is 22.6 Å². The molecular formula is C19H29N3O3. The number of aliphatic hydroxyl groups excluding tert-OH is 1. The van der Waals surface area contributed by atoms with Gasteiger partial charge in [-0.2, -0.15) is 0 Å². The first kappa shape index (κ1) is 18.3. The number of benzene rings is 1. The van der Waals surface area contributed by atoms with Crippen LogP contribution in [0.1, 0.15) is 36.8 Å². The molecule has 2 atom stereocenters.